The molecule has 1 atom stereocenters. The Bertz CT molecular complexity index is 1540. The molecule has 0 spiro atoms. The van der Waals surface area contributed by atoms with E-state index in [2.05, 4.69) is 25.7 Å². The van der Waals surface area contributed by atoms with E-state index < -0.39 is 37.2 Å². The molecule has 0 amide bonds. The number of aromatic nitrogens is 6. The van der Waals surface area contributed by atoms with Crippen LogP contribution in [0.3, 0.4) is 0 Å². The van der Waals surface area contributed by atoms with E-state index >= 15 is 8.78 Å². The summed E-state index contributed by atoms with van der Waals surface area (Å²) in [7, 11) is 1.37. The number of hydrogen-bond donors (Lipinski definition) is 1. The van der Waals surface area contributed by atoms with Crippen LogP contribution in [0.4, 0.5) is 27.9 Å². The van der Waals surface area contributed by atoms with Gasteiger partial charge < -0.3 is 14.8 Å². The number of ether oxygens (including phenoxy) is 2. The number of rotatable bonds is 6. The van der Waals surface area contributed by atoms with E-state index in [9.17, 15) is 13.2 Å². The van der Waals surface area contributed by atoms with Crippen LogP contribution in [-0.2, 0) is 11.3 Å². The van der Waals surface area contributed by atoms with Crippen molar-refractivity contribution in [3.05, 3.63) is 30.5 Å². The zero-order chi connectivity index (χ0) is 27.6. The van der Waals surface area contributed by atoms with E-state index in [0.717, 1.165) is 4.68 Å². The molecule has 3 aromatic heterocycles. The normalized spacial score (nSPS) is 21.8. The SMILES string of the molecule is [2H]C1(N2CCC(Nc3nc(OC)c4c(-c5ccc6nnn(CC(F)(F)F)c6c5)ccn4n3)C(F)(F)C2)COC1. The molecule has 5 heterocycles. The molecule has 2 aliphatic heterocycles. The summed E-state index contributed by atoms with van der Waals surface area (Å²) >= 11 is 0. The summed E-state index contributed by atoms with van der Waals surface area (Å²) in [6.45, 7) is -1.39. The van der Waals surface area contributed by atoms with Gasteiger partial charge in [0, 0.05) is 18.3 Å². The largest absolute Gasteiger partial charge is 0.479 e. The van der Waals surface area contributed by atoms with E-state index in [1.807, 2.05) is 0 Å². The molecule has 2 fully saturated rings. The van der Waals surface area contributed by atoms with Gasteiger partial charge in [0.1, 0.15) is 17.6 Å². The fraction of sp³-hybridized carbons (Fsp3) is 0.478. The summed E-state index contributed by atoms with van der Waals surface area (Å²) in [6.07, 6.45) is -2.83. The molecule has 10 nitrogen and oxygen atoms in total. The molecule has 0 radical (unpaired) electrons. The molecule has 4 aromatic rings. The monoisotopic (exact) mass is 539 g/mol. The molecule has 2 aliphatic rings. The Morgan fingerprint density at radius 2 is 2.08 bits per heavy atom. The number of nitrogens with zero attached hydrogens (tertiary/aromatic N) is 7. The first-order chi connectivity index (χ1) is 18.5. The topological polar surface area (TPSA) is 94.6 Å². The molecule has 202 valence electrons. The third-order valence-corrected chi connectivity index (χ3v) is 6.71. The van der Waals surface area contributed by atoms with Crippen molar-refractivity contribution in [2.45, 2.75) is 37.1 Å². The van der Waals surface area contributed by atoms with Crippen LogP contribution in [-0.4, -0.2) is 92.1 Å². The number of piperidine rings is 1. The Morgan fingerprint density at radius 1 is 1.26 bits per heavy atom. The summed E-state index contributed by atoms with van der Waals surface area (Å²) in [5, 5.41) is 14.5. The van der Waals surface area contributed by atoms with Gasteiger partial charge in [-0.1, -0.05) is 11.3 Å². The fourth-order valence-corrected chi connectivity index (χ4v) is 4.77. The van der Waals surface area contributed by atoms with Gasteiger partial charge in [-0.2, -0.15) is 18.2 Å². The molecule has 0 saturated carbocycles. The second kappa shape index (κ2) is 9.01. The van der Waals surface area contributed by atoms with Gasteiger partial charge in [0.25, 0.3) is 5.92 Å². The maximum absolute atomic E-state index is 15.0. The first-order valence-electron chi connectivity index (χ1n) is 12.3. The van der Waals surface area contributed by atoms with Gasteiger partial charge >= 0.3 is 6.18 Å². The molecule has 0 aliphatic carbocycles. The van der Waals surface area contributed by atoms with Crippen LogP contribution in [0.2, 0.25) is 0 Å². The molecule has 15 heteroatoms. The second-order valence-electron chi connectivity index (χ2n) is 9.26. The molecule has 38 heavy (non-hydrogen) atoms. The summed E-state index contributed by atoms with van der Waals surface area (Å²) < 4.78 is 90.0. The maximum atomic E-state index is 15.0. The highest BCUT2D eigenvalue weighted by atomic mass is 19.4. The van der Waals surface area contributed by atoms with Crippen LogP contribution in [0, 0.1) is 0 Å². The van der Waals surface area contributed by atoms with Crippen LogP contribution in [0.15, 0.2) is 30.5 Å². The highest BCUT2D eigenvalue weighted by molar-refractivity contribution is 5.89. The minimum atomic E-state index is -4.47. The number of hydrogen-bond acceptors (Lipinski definition) is 8. The Labute approximate surface area is 213 Å². The van der Waals surface area contributed by atoms with Gasteiger partial charge in [-0.05, 0) is 30.2 Å². The van der Waals surface area contributed by atoms with Crippen molar-refractivity contribution >= 4 is 22.5 Å². The van der Waals surface area contributed by atoms with Gasteiger partial charge in [0.2, 0.25) is 11.8 Å². The zero-order valence-corrected chi connectivity index (χ0v) is 20.0. The molecule has 6 rings (SSSR count). The van der Waals surface area contributed by atoms with Crippen molar-refractivity contribution in [3.8, 4) is 17.0 Å². The lowest BCUT2D eigenvalue weighted by molar-refractivity contribution is -0.142. The number of methoxy groups -OCH3 is 1. The molecule has 0 bridgehead atoms. The molecule has 2 saturated heterocycles. The number of benzene rings is 1. The highest BCUT2D eigenvalue weighted by Crippen LogP contribution is 2.35. The van der Waals surface area contributed by atoms with Crippen LogP contribution in [0.5, 0.6) is 5.88 Å². The van der Waals surface area contributed by atoms with Crippen LogP contribution >= 0.6 is 0 Å². The predicted octanol–water partition coefficient (Wildman–Crippen LogP) is 3.23. The van der Waals surface area contributed by atoms with Crippen molar-refractivity contribution in [2.75, 3.05) is 38.7 Å². The first kappa shape index (κ1) is 23.5. The average Bonchev–Trinajstić information content (AvgIpc) is 3.46. The lowest BCUT2D eigenvalue weighted by Gasteiger charge is -2.44. The van der Waals surface area contributed by atoms with Gasteiger partial charge in [-0.25, -0.2) is 18.0 Å². The quantitative estimate of drug-likeness (QED) is 0.374. The van der Waals surface area contributed by atoms with Crippen LogP contribution in [0.1, 0.15) is 7.79 Å². The predicted molar refractivity (Wildman–Crippen MR) is 125 cm³/mol. The Kier molecular flexibility index (Phi) is 5.58. The number of anilines is 1. The third-order valence-electron chi connectivity index (χ3n) is 6.71. The van der Waals surface area contributed by atoms with Crippen molar-refractivity contribution < 1.29 is 32.8 Å². The standard InChI is InChI=1S/C23H23F5N8O2/c1-37-20-19-15(13-2-3-16-17(8-13)36(33-31-16)12-23(26,27)28)4-7-35(19)32-21(30-20)29-18-5-6-34(11-22(18,24)25)14-9-38-10-14/h2-4,7-8,14,18H,5-6,9-12H2,1H3,(H,29,32)/i14D. The number of likely N-dealkylation sites (tertiary alicyclic amines) is 1. The van der Waals surface area contributed by atoms with Crippen molar-refractivity contribution in [3.63, 3.8) is 0 Å². The summed E-state index contributed by atoms with van der Waals surface area (Å²) in [4.78, 5) is 5.74. The molecular formula is C23H23F5N8O2. The van der Waals surface area contributed by atoms with Crippen molar-refractivity contribution in [1.82, 2.24) is 34.5 Å². The van der Waals surface area contributed by atoms with Gasteiger partial charge in [0.05, 0.1) is 45.8 Å². The lowest BCUT2D eigenvalue weighted by atomic mass is 9.98. The fourth-order valence-electron chi connectivity index (χ4n) is 4.77. The van der Waals surface area contributed by atoms with Gasteiger partial charge in [-0.15, -0.1) is 10.2 Å². The smallest absolute Gasteiger partial charge is 0.408 e. The number of halogens is 5. The van der Waals surface area contributed by atoms with Crippen LogP contribution in [0.25, 0.3) is 27.7 Å². The molecule has 1 unspecified atom stereocenters. The van der Waals surface area contributed by atoms with E-state index in [1.165, 1.54) is 22.6 Å². The first-order valence-corrected chi connectivity index (χ1v) is 11.8. The molecule has 1 aromatic carbocycles. The van der Waals surface area contributed by atoms with E-state index in [0.29, 0.717) is 22.2 Å². The minimum Gasteiger partial charge on any atom is -0.479 e. The summed E-state index contributed by atoms with van der Waals surface area (Å²) in [5.41, 5.74) is 2.00. The van der Waals surface area contributed by atoms with E-state index in [-0.39, 0.29) is 43.5 Å². The second-order valence-corrected chi connectivity index (χ2v) is 9.26. The van der Waals surface area contributed by atoms with Crippen molar-refractivity contribution in [1.29, 1.82) is 0 Å². The Balaban J connectivity index is 1.29. The van der Waals surface area contributed by atoms with Gasteiger partial charge in [0.15, 0.2) is 0 Å². The number of alkyl halides is 5. The zero-order valence-electron chi connectivity index (χ0n) is 21.0. The van der Waals surface area contributed by atoms with E-state index in [1.54, 1.807) is 24.4 Å². The van der Waals surface area contributed by atoms with Gasteiger partial charge in [-0.3, -0.25) is 4.90 Å². The molecular weight excluding hydrogens is 515 g/mol. The summed E-state index contributed by atoms with van der Waals surface area (Å²) in [5.74, 6) is -3.14. The maximum Gasteiger partial charge on any atom is 0.408 e. The highest BCUT2D eigenvalue weighted by Gasteiger charge is 2.47. The lowest BCUT2D eigenvalue weighted by Crippen LogP contribution is -2.61. The number of fused-ring (bicyclic) bond motifs is 2. The molecule has 1 N–H and O–H groups in total. The Hall–Kier alpha value is -3.59. The van der Waals surface area contributed by atoms with E-state index in [4.69, 9.17) is 10.8 Å². The minimum absolute atomic E-state index is 0.0634. The van der Waals surface area contributed by atoms with Crippen LogP contribution < -0.4 is 10.1 Å². The summed E-state index contributed by atoms with van der Waals surface area (Å²) in [6, 6.07) is 4.05. The number of nitrogens with one attached hydrogen (secondary N) is 1. The average molecular weight is 539 g/mol. The third kappa shape index (κ3) is 4.49. The van der Waals surface area contributed by atoms with Crippen molar-refractivity contribution in [2.24, 2.45) is 0 Å². The Morgan fingerprint density at radius 3 is 2.76 bits per heavy atom.